The molecule has 1 fully saturated rings. The highest BCUT2D eigenvalue weighted by Gasteiger charge is 2.26. The maximum absolute atomic E-state index is 12.6. The Morgan fingerprint density at radius 1 is 1.07 bits per heavy atom. The highest BCUT2D eigenvalue weighted by Crippen LogP contribution is 2.19. The second kappa shape index (κ2) is 9.24. The first-order chi connectivity index (χ1) is 13.4. The largest absolute Gasteiger partial charge is 0.379 e. The lowest BCUT2D eigenvalue weighted by Gasteiger charge is -2.26. The Balaban J connectivity index is 1.50. The average molecular weight is 425 g/mol. The standard InChI is InChI=1S/C17H20N4O5S2/c22-15(5-6-16(23)20-17-18-7-12-27-17)19-13-1-3-14(4-2-13)28(24,25)21-8-10-26-11-9-21/h1-4,7,12H,5-6,8-11H2,(H,19,22)(H,18,20,23). The molecule has 3 rings (SSSR count). The Bertz CT molecular complexity index is 908. The monoisotopic (exact) mass is 424 g/mol. The minimum atomic E-state index is -3.57. The molecule has 9 nitrogen and oxygen atoms in total. The van der Waals surface area contributed by atoms with Crippen LogP contribution in [0, 0.1) is 0 Å². The predicted octanol–water partition coefficient (Wildman–Crippen LogP) is 1.52. The van der Waals surface area contributed by atoms with Crippen LogP contribution in [0.15, 0.2) is 40.7 Å². The molecule has 1 saturated heterocycles. The molecule has 0 spiro atoms. The van der Waals surface area contributed by atoms with Gasteiger partial charge in [-0.1, -0.05) is 0 Å². The summed E-state index contributed by atoms with van der Waals surface area (Å²) in [6.07, 6.45) is 1.61. The van der Waals surface area contributed by atoms with E-state index < -0.39 is 10.0 Å². The third-order valence-electron chi connectivity index (χ3n) is 4.00. The lowest BCUT2D eigenvalue weighted by atomic mass is 10.2. The van der Waals surface area contributed by atoms with Gasteiger partial charge in [-0.25, -0.2) is 13.4 Å². The average Bonchev–Trinajstić information content (AvgIpc) is 3.20. The third-order valence-corrected chi connectivity index (χ3v) is 6.61. The van der Waals surface area contributed by atoms with Crippen LogP contribution in [0.5, 0.6) is 0 Å². The van der Waals surface area contributed by atoms with Crippen molar-refractivity contribution in [2.75, 3.05) is 36.9 Å². The van der Waals surface area contributed by atoms with Crippen molar-refractivity contribution in [2.45, 2.75) is 17.7 Å². The van der Waals surface area contributed by atoms with Crippen molar-refractivity contribution < 1.29 is 22.7 Å². The molecule has 0 atom stereocenters. The summed E-state index contributed by atoms with van der Waals surface area (Å²) in [6, 6.07) is 5.97. The Labute approximate surface area is 166 Å². The van der Waals surface area contributed by atoms with Crippen LogP contribution in [-0.4, -0.2) is 55.8 Å². The van der Waals surface area contributed by atoms with Crippen LogP contribution >= 0.6 is 11.3 Å². The van der Waals surface area contributed by atoms with E-state index in [-0.39, 0.29) is 29.6 Å². The number of thiazole rings is 1. The molecule has 1 aromatic heterocycles. The Hall–Kier alpha value is -2.34. The number of carbonyl (C=O) groups excluding carboxylic acids is 2. The van der Waals surface area contributed by atoms with E-state index in [1.807, 2.05) is 0 Å². The number of nitrogens with one attached hydrogen (secondary N) is 2. The van der Waals surface area contributed by atoms with Crippen LogP contribution < -0.4 is 10.6 Å². The molecular formula is C17H20N4O5S2. The number of ether oxygens (including phenoxy) is 1. The SMILES string of the molecule is O=C(CCC(=O)Nc1nccs1)Nc1ccc(S(=O)(=O)N2CCOCC2)cc1. The van der Waals surface area contributed by atoms with E-state index in [0.29, 0.717) is 37.1 Å². The van der Waals surface area contributed by atoms with Gasteiger partial charge in [0.05, 0.1) is 18.1 Å². The highest BCUT2D eigenvalue weighted by atomic mass is 32.2. The van der Waals surface area contributed by atoms with E-state index in [1.54, 1.807) is 11.6 Å². The summed E-state index contributed by atoms with van der Waals surface area (Å²) in [7, 11) is -3.57. The first kappa shape index (κ1) is 20.4. The van der Waals surface area contributed by atoms with Gasteiger partial charge in [-0.05, 0) is 24.3 Å². The molecule has 1 aliphatic rings. The number of nitrogens with zero attached hydrogens (tertiary/aromatic N) is 2. The second-order valence-electron chi connectivity index (χ2n) is 5.97. The van der Waals surface area contributed by atoms with Gasteiger partial charge in [0.15, 0.2) is 5.13 Å². The van der Waals surface area contributed by atoms with Gasteiger partial charge in [-0.2, -0.15) is 4.31 Å². The number of carbonyl (C=O) groups is 2. The molecule has 0 bridgehead atoms. The molecule has 0 unspecified atom stereocenters. The fraction of sp³-hybridized carbons (Fsp3) is 0.353. The van der Waals surface area contributed by atoms with Crippen molar-refractivity contribution in [2.24, 2.45) is 0 Å². The fourth-order valence-corrected chi connectivity index (χ4v) is 4.52. The molecule has 2 amide bonds. The maximum atomic E-state index is 12.6. The number of rotatable bonds is 7. The van der Waals surface area contributed by atoms with E-state index >= 15 is 0 Å². The third kappa shape index (κ3) is 5.35. The molecule has 2 aromatic rings. The van der Waals surface area contributed by atoms with Gasteiger partial charge in [-0.3, -0.25) is 9.59 Å². The van der Waals surface area contributed by atoms with Crippen LogP contribution in [0.1, 0.15) is 12.8 Å². The van der Waals surface area contributed by atoms with Gasteiger partial charge >= 0.3 is 0 Å². The Morgan fingerprint density at radius 2 is 1.71 bits per heavy atom. The smallest absolute Gasteiger partial charge is 0.243 e. The summed E-state index contributed by atoms with van der Waals surface area (Å²) in [6.45, 7) is 1.40. The molecule has 1 aliphatic heterocycles. The van der Waals surface area contributed by atoms with Crippen LogP contribution in [-0.2, 0) is 24.3 Å². The zero-order valence-corrected chi connectivity index (χ0v) is 16.6. The van der Waals surface area contributed by atoms with Crippen molar-refractivity contribution in [3.8, 4) is 0 Å². The van der Waals surface area contributed by atoms with Gasteiger partial charge in [0, 0.05) is 43.2 Å². The van der Waals surface area contributed by atoms with Gasteiger partial charge in [0.25, 0.3) is 0 Å². The molecular weight excluding hydrogens is 404 g/mol. The number of aromatic nitrogens is 1. The minimum Gasteiger partial charge on any atom is -0.379 e. The predicted molar refractivity (Wildman–Crippen MR) is 105 cm³/mol. The summed E-state index contributed by atoms with van der Waals surface area (Å²) in [4.78, 5) is 27.9. The van der Waals surface area contributed by atoms with Crippen molar-refractivity contribution >= 4 is 44.0 Å². The number of sulfonamides is 1. The van der Waals surface area contributed by atoms with E-state index in [0.717, 1.165) is 0 Å². The second-order valence-corrected chi connectivity index (χ2v) is 8.81. The van der Waals surface area contributed by atoms with Crippen molar-refractivity contribution in [3.63, 3.8) is 0 Å². The molecule has 0 radical (unpaired) electrons. The molecule has 150 valence electrons. The molecule has 1 aromatic carbocycles. The summed E-state index contributed by atoms with van der Waals surface area (Å²) < 4.78 is 31.7. The maximum Gasteiger partial charge on any atom is 0.243 e. The number of morpholine rings is 1. The molecule has 0 saturated carbocycles. The number of hydrogen-bond donors (Lipinski definition) is 2. The normalized spacial score (nSPS) is 15.1. The first-order valence-corrected chi connectivity index (χ1v) is 10.9. The number of amides is 2. The summed E-state index contributed by atoms with van der Waals surface area (Å²) in [5.41, 5.74) is 0.464. The molecule has 0 aliphatic carbocycles. The minimum absolute atomic E-state index is 0.00500. The van der Waals surface area contributed by atoms with E-state index in [1.165, 1.54) is 39.9 Å². The van der Waals surface area contributed by atoms with Crippen molar-refractivity contribution in [1.82, 2.24) is 9.29 Å². The first-order valence-electron chi connectivity index (χ1n) is 8.62. The van der Waals surface area contributed by atoms with Gasteiger partial charge in [0.1, 0.15) is 0 Å². The van der Waals surface area contributed by atoms with E-state index in [9.17, 15) is 18.0 Å². The molecule has 2 N–H and O–H groups in total. The van der Waals surface area contributed by atoms with Crippen molar-refractivity contribution in [3.05, 3.63) is 35.8 Å². The zero-order chi connectivity index (χ0) is 20.0. The summed E-state index contributed by atoms with van der Waals surface area (Å²) in [5.74, 6) is -0.630. The lowest BCUT2D eigenvalue weighted by Crippen LogP contribution is -2.40. The van der Waals surface area contributed by atoms with Gasteiger partial charge < -0.3 is 15.4 Å². The zero-order valence-electron chi connectivity index (χ0n) is 15.0. The molecule has 2 heterocycles. The number of hydrogen-bond acceptors (Lipinski definition) is 7. The quantitative estimate of drug-likeness (QED) is 0.696. The molecule has 11 heteroatoms. The van der Waals surface area contributed by atoms with Crippen LogP contribution in [0.2, 0.25) is 0 Å². The highest BCUT2D eigenvalue weighted by molar-refractivity contribution is 7.89. The van der Waals surface area contributed by atoms with E-state index in [4.69, 9.17) is 4.74 Å². The Kier molecular flexibility index (Phi) is 6.73. The van der Waals surface area contributed by atoms with Crippen molar-refractivity contribution in [1.29, 1.82) is 0 Å². The topological polar surface area (TPSA) is 118 Å². The lowest BCUT2D eigenvalue weighted by molar-refractivity contribution is -0.121. The van der Waals surface area contributed by atoms with Gasteiger partial charge in [-0.15, -0.1) is 11.3 Å². The molecule has 28 heavy (non-hydrogen) atoms. The Morgan fingerprint density at radius 3 is 2.32 bits per heavy atom. The summed E-state index contributed by atoms with van der Waals surface area (Å²) in [5, 5.41) is 7.49. The number of anilines is 2. The van der Waals surface area contributed by atoms with Crippen LogP contribution in [0.3, 0.4) is 0 Å². The summed E-state index contributed by atoms with van der Waals surface area (Å²) >= 11 is 1.30. The van der Waals surface area contributed by atoms with Crippen LogP contribution in [0.4, 0.5) is 10.8 Å². The van der Waals surface area contributed by atoms with Gasteiger partial charge in [0.2, 0.25) is 21.8 Å². The van der Waals surface area contributed by atoms with Crippen LogP contribution in [0.25, 0.3) is 0 Å². The van der Waals surface area contributed by atoms with E-state index in [2.05, 4.69) is 15.6 Å². The number of benzene rings is 1. The fourth-order valence-electron chi connectivity index (χ4n) is 2.56.